The van der Waals surface area contributed by atoms with Gasteiger partial charge in [0, 0.05) is 0 Å². The summed E-state index contributed by atoms with van der Waals surface area (Å²) in [5.74, 6) is -1.06. The van der Waals surface area contributed by atoms with Crippen LogP contribution in [0.2, 0.25) is 5.02 Å². The number of hydrogen-bond acceptors (Lipinski definition) is 3. The molecule has 0 atom stereocenters. The highest BCUT2D eigenvalue weighted by molar-refractivity contribution is 6.33. The lowest BCUT2D eigenvalue weighted by Gasteiger charge is -2.05. The molecule has 2 amide bonds. The number of nitrogens with zero attached hydrogens (tertiary/aromatic N) is 1. The van der Waals surface area contributed by atoms with Crippen molar-refractivity contribution in [3.8, 4) is 11.1 Å². The molecule has 6 nitrogen and oxygen atoms in total. The number of nitrogens with two attached hydrogens (primary N) is 1. The van der Waals surface area contributed by atoms with Crippen molar-refractivity contribution in [1.82, 2.24) is 5.43 Å². The topological polar surface area (TPSA) is 105 Å². The number of urea groups is 1. The maximum atomic E-state index is 10.9. The van der Waals surface area contributed by atoms with E-state index >= 15 is 0 Å². The minimum atomic E-state index is -1.06. The first-order valence-corrected chi connectivity index (χ1v) is 6.57. The van der Waals surface area contributed by atoms with E-state index in [2.05, 4.69) is 10.5 Å². The summed E-state index contributed by atoms with van der Waals surface area (Å²) in [7, 11) is 0. The first-order valence-electron chi connectivity index (χ1n) is 6.19. The summed E-state index contributed by atoms with van der Waals surface area (Å²) in [6.07, 6.45) is 1.45. The fourth-order valence-electron chi connectivity index (χ4n) is 1.80. The standard InChI is InChI=1S/C15H12ClN3O3/c16-13-7-11(5-6-12(13)14(20)21)10-3-1-9(2-4-10)8-18-19-15(17)22/h1-8H,(H,20,21)(H3,17,19,22). The molecule has 0 aliphatic rings. The van der Waals surface area contributed by atoms with Crippen molar-refractivity contribution < 1.29 is 14.7 Å². The van der Waals surface area contributed by atoms with Crippen LogP contribution < -0.4 is 11.2 Å². The number of benzene rings is 2. The van der Waals surface area contributed by atoms with Crippen molar-refractivity contribution in [2.45, 2.75) is 0 Å². The Morgan fingerprint density at radius 3 is 2.32 bits per heavy atom. The van der Waals surface area contributed by atoms with E-state index in [1.54, 1.807) is 24.3 Å². The average Bonchev–Trinajstić information content (AvgIpc) is 2.47. The number of halogens is 1. The molecule has 4 N–H and O–H groups in total. The van der Waals surface area contributed by atoms with Gasteiger partial charge in [-0.1, -0.05) is 41.9 Å². The molecule has 0 unspecified atom stereocenters. The summed E-state index contributed by atoms with van der Waals surface area (Å²) >= 11 is 5.95. The Morgan fingerprint density at radius 2 is 1.77 bits per heavy atom. The van der Waals surface area contributed by atoms with Gasteiger partial charge in [-0.25, -0.2) is 15.0 Å². The number of rotatable bonds is 4. The molecule has 0 aliphatic carbocycles. The number of primary amides is 1. The predicted octanol–water partition coefficient (Wildman–Crippen LogP) is 2.71. The Labute approximate surface area is 131 Å². The number of carboxylic acid groups (broad SMARTS) is 1. The summed E-state index contributed by atoms with van der Waals surface area (Å²) in [6, 6.07) is 11.3. The number of nitrogens with one attached hydrogen (secondary N) is 1. The third kappa shape index (κ3) is 3.83. The second-order valence-corrected chi connectivity index (χ2v) is 4.76. The van der Waals surface area contributed by atoms with Crippen LogP contribution >= 0.6 is 11.6 Å². The molecule has 22 heavy (non-hydrogen) atoms. The van der Waals surface area contributed by atoms with Crippen LogP contribution in [-0.2, 0) is 0 Å². The van der Waals surface area contributed by atoms with Crippen molar-refractivity contribution >= 4 is 29.8 Å². The first-order chi connectivity index (χ1) is 10.5. The SMILES string of the molecule is NC(=O)NN=Cc1ccc(-c2ccc(C(=O)O)c(Cl)c2)cc1. The van der Waals surface area contributed by atoms with Gasteiger partial charge < -0.3 is 10.8 Å². The zero-order valence-corrected chi connectivity index (χ0v) is 12.0. The van der Waals surface area contributed by atoms with E-state index in [4.69, 9.17) is 22.4 Å². The van der Waals surface area contributed by atoms with Gasteiger partial charge in [0.2, 0.25) is 0 Å². The smallest absolute Gasteiger partial charge is 0.337 e. The number of amides is 2. The molecule has 0 saturated heterocycles. The fraction of sp³-hybridized carbons (Fsp3) is 0. The van der Waals surface area contributed by atoms with Gasteiger partial charge in [-0.05, 0) is 28.8 Å². The number of carbonyl (C=O) groups is 2. The molecule has 0 fully saturated rings. The molecule has 7 heteroatoms. The highest BCUT2D eigenvalue weighted by atomic mass is 35.5. The molecule has 112 valence electrons. The Morgan fingerprint density at radius 1 is 1.14 bits per heavy atom. The van der Waals surface area contributed by atoms with Crippen LogP contribution in [0.1, 0.15) is 15.9 Å². The Hall–Kier alpha value is -2.86. The summed E-state index contributed by atoms with van der Waals surface area (Å²) in [5, 5.41) is 12.8. The third-order valence-electron chi connectivity index (χ3n) is 2.83. The second kappa shape index (κ2) is 6.73. The van der Waals surface area contributed by atoms with Gasteiger partial charge in [-0.15, -0.1) is 0 Å². The van der Waals surface area contributed by atoms with E-state index in [0.717, 1.165) is 16.7 Å². The fourth-order valence-corrected chi connectivity index (χ4v) is 2.06. The van der Waals surface area contributed by atoms with Gasteiger partial charge in [0.1, 0.15) is 0 Å². The van der Waals surface area contributed by atoms with Crippen molar-refractivity contribution in [2.24, 2.45) is 10.8 Å². The summed E-state index contributed by atoms with van der Waals surface area (Å²) in [5.41, 5.74) is 9.49. The lowest BCUT2D eigenvalue weighted by Crippen LogP contribution is -2.24. The van der Waals surface area contributed by atoms with Crippen LogP contribution in [-0.4, -0.2) is 23.3 Å². The number of carboxylic acids is 1. The zero-order valence-electron chi connectivity index (χ0n) is 11.3. The highest BCUT2D eigenvalue weighted by Gasteiger charge is 2.09. The van der Waals surface area contributed by atoms with Gasteiger partial charge in [0.05, 0.1) is 16.8 Å². The van der Waals surface area contributed by atoms with Gasteiger partial charge in [-0.3, -0.25) is 0 Å². The lowest BCUT2D eigenvalue weighted by molar-refractivity contribution is 0.0697. The van der Waals surface area contributed by atoms with Crippen molar-refractivity contribution in [1.29, 1.82) is 0 Å². The molecule has 0 aromatic heterocycles. The third-order valence-corrected chi connectivity index (χ3v) is 3.14. The maximum Gasteiger partial charge on any atom is 0.337 e. The van der Waals surface area contributed by atoms with E-state index in [0.29, 0.717) is 0 Å². The highest BCUT2D eigenvalue weighted by Crippen LogP contribution is 2.25. The van der Waals surface area contributed by atoms with Crippen LogP contribution in [0.4, 0.5) is 4.79 Å². The van der Waals surface area contributed by atoms with Crippen LogP contribution in [0.3, 0.4) is 0 Å². The van der Waals surface area contributed by atoms with Crippen LogP contribution in [0.15, 0.2) is 47.6 Å². The van der Waals surface area contributed by atoms with Crippen molar-refractivity contribution in [2.75, 3.05) is 0 Å². The second-order valence-electron chi connectivity index (χ2n) is 4.36. The van der Waals surface area contributed by atoms with Crippen molar-refractivity contribution in [3.63, 3.8) is 0 Å². The molecule has 2 aromatic rings. The van der Waals surface area contributed by atoms with E-state index in [-0.39, 0.29) is 10.6 Å². The van der Waals surface area contributed by atoms with E-state index in [1.165, 1.54) is 12.3 Å². The average molecular weight is 318 g/mol. The van der Waals surface area contributed by atoms with Crippen LogP contribution in [0, 0.1) is 0 Å². The number of hydrazone groups is 1. The number of carbonyl (C=O) groups excluding carboxylic acids is 1. The Balaban J connectivity index is 2.20. The normalized spacial score (nSPS) is 10.6. The summed E-state index contributed by atoms with van der Waals surface area (Å²) in [4.78, 5) is 21.4. The summed E-state index contributed by atoms with van der Waals surface area (Å²) < 4.78 is 0. The van der Waals surface area contributed by atoms with Gasteiger partial charge in [0.15, 0.2) is 0 Å². The maximum absolute atomic E-state index is 10.9. The molecular formula is C15H12ClN3O3. The zero-order chi connectivity index (χ0) is 16.1. The molecule has 2 rings (SSSR count). The predicted molar refractivity (Wildman–Crippen MR) is 84.2 cm³/mol. The van der Waals surface area contributed by atoms with E-state index < -0.39 is 12.0 Å². The molecule has 0 heterocycles. The van der Waals surface area contributed by atoms with E-state index in [1.807, 2.05) is 12.1 Å². The minimum Gasteiger partial charge on any atom is -0.478 e. The molecule has 0 saturated carbocycles. The van der Waals surface area contributed by atoms with Gasteiger partial charge >= 0.3 is 12.0 Å². The summed E-state index contributed by atoms with van der Waals surface area (Å²) in [6.45, 7) is 0. The number of hydrogen-bond donors (Lipinski definition) is 3. The quantitative estimate of drug-likeness (QED) is 0.596. The minimum absolute atomic E-state index is 0.0618. The van der Waals surface area contributed by atoms with Crippen molar-refractivity contribution in [3.05, 3.63) is 58.6 Å². The van der Waals surface area contributed by atoms with Crippen LogP contribution in [0.5, 0.6) is 0 Å². The molecule has 0 aliphatic heterocycles. The van der Waals surface area contributed by atoms with Gasteiger partial charge in [-0.2, -0.15) is 5.10 Å². The Bertz CT molecular complexity index is 742. The Kier molecular flexibility index (Phi) is 4.75. The molecule has 0 bridgehead atoms. The molecule has 2 aromatic carbocycles. The van der Waals surface area contributed by atoms with Crippen LogP contribution in [0.25, 0.3) is 11.1 Å². The molecule has 0 radical (unpaired) electrons. The van der Waals surface area contributed by atoms with Gasteiger partial charge in [0.25, 0.3) is 0 Å². The first kappa shape index (κ1) is 15.5. The molecular weight excluding hydrogens is 306 g/mol. The van der Waals surface area contributed by atoms with E-state index in [9.17, 15) is 9.59 Å². The lowest BCUT2D eigenvalue weighted by atomic mass is 10.0. The largest absolute Gasteiger partial charge is 0.478 e. The molecule has 0 spiro atoms. The monoisotopic (exact) mass is 317 g/mol. The number of aromatic carboxylic acids is 1.